The lowest BCUT2D eigenvalue weighted by molar-refractivity contribution is 0.660. The van der Waals surface area contributed by atoms with E-state index in [-0.39, 0.29) is 11.1 Å². The maximum atomic E-state index is 12.1. The second-order valence-corrected chi connectivity index (χ2v) is 4.63. The molecule has 0 saturated heterocycles. The highest BCUT2D eigenvalue weighted by molar-refractivity contribution is 7.13. The molecule has 0 saturated carbocycles. The van der Waals surface area contributed by atoms with Crippen molar-refractivity contribution < 1.29 is 0 Å². The topological polar surface area (TPSA) is 45.8 Å². The van der Waals surface area contributed by atoms with Crippen LogP contribution in [0.3, 0.4) is 0 Å². The van der Waals surface area contributed by atoms with E-state index in [1.165, 1.54) is 0 Å². The number of aromatic nitrogens is 1. The van der Waals surface area contributed by atoms with Gasteiger partial charge in [-0.15, -0.1) is 11.3 Å². The first-order chi connectivity index (χ1) is 8.27. The summed E-state index contributed by atoms with van der Waals surface area (Å²) in [6.07, 6.45) is 0.868. The molecule has 0 unspecified atom stereocenters. The van der Waals surface area contributed by atoms with Gasteiger partial charge in [-0.05, 0) is 30.0 Å². The van der Waals surface area contributed by atoms with Crippen molar-refractivity contribution >= 4 is 11.3 Å². The Morgan fingerprint density at radius 1 is 1.41 bits per heavy atom. The van der Waals surface area contributed by atoms with Crippen molar-refractivity contribution in [1.29, 1.82) is 5.26 Å². The smallest absolute Gasteiger partial charge is 0.268 e. The third-order valence-electron chi connectivity index (χ3n) is 2.52. The van der Waals surface area contributed by atoms with E-state index in [4.69, 9.17) is 5.26 Å². The molecule has 2 aromatic rings. The first-order valence-corrected chi connectivity index (χ1v) is 6.33. The van der Waals surface area contributed by atoms with Crippen LogP contribution in [-0.2, 0) is 6.54 Å². The SMILES string of the molecule is CCCn1c(-c2cccs2)ccc(C#N)c1=O. The van der Waals surface area contributed by atoms with Gasteiger partial charge in [-0.2, -0.15) is 5.26 Å². The van der Waals surface area contributed by atoms with Crippen LogP contribution >= 0.6 is 11.3 Å². The molecule has 2 aromatic heterocycles. The molecular formula is C13H12N2OS. The van der Waals surface area contributed by atoms with Crippen molar-refractivity contribution in [2.75, 3.05) is 0 Å². The molecule has 3 nitrogen and oxygen atoms in total. The number of hydrogen-bond donors (Lipinski definition) is 0. The van der Waals surface area contributed by atoms with Gasteiger partial charge in [-0.3, -0.25) is 4.79 Å². The van der Waals surface area contributed by atoms with Crippen molar-refractivity contribution in [3.8, 4) is 16.6 Å². The van der Waals surface area contributed by atoms with Crippen molar-refractivity contribution in [2.24, 2.45) is 0 Å². The summed E-state index contributed by atoms with van der Waals surface area (Å²) in [5.41, 5.74) is 0.907. The number of nitrogens with zero attached hydrogens (tertiary/aromatic N) is 2. The fourth-order valence-corrected chi connectivity index (χ4v) is 2.51. The summed E-state index contributed by atoms with van der Waals surface area (Å²) < 4.78 is 1.68. The lowest BCUT2D eigenvalue weighted by atomic mass is 10.2. The molecule has 2 heterocycles. The highest BCUT2D eigenvalue weighted by Gasteiger charge is 2.10. The van der Waals surface area contributed by atoms with Gasteiger partial charge in [-0.25, -0.2) is 0 Å². The first kappa shape index (κ1) is 11.6. The first-order valence-electron chi connectivity index (χ1n) is 5.45. The van der Waals surface area contributed by atoms with Gasteiger partial charge in [-0.1, -0.05) is 13.0 Å². The van der Waals surface area contributed by atoms with Gasteiger partial charge in [0, 0.05) is 6.54 Å². The average molecular weight is 244 g/mol. The Morgan fingerprint density at radius 3 is 2.82 bits per heavy atom. The molecule has 0 aromatic carbocycles. The third kappa shape index (κ3) is 2.15. The number of hydrogen-bond acceptors (Lipinski definition) is 3. The highest BCUT2D eigenvalue weighted by atomic mass is 32.1. The predicted molar refractivity (Wildman–Crippen MR) is 69.0 cm³/mol. The van der Waals surface area contributed by atoms with Gasteiger partial charge in [0.1, 0.15) is 11.6 Å². The van der Waals surface area contributed by atoms with E-state index < -0.39 is 0 Å². The maximum absolute atomic E-state index is 12.1. The maximum Gasteiger partial charge on any atom is 0.268 e. The summed E-state index contributed by atoms with van der Waals surface area (Å²) in [5.74, 6) is 0. The third-order valence-corrected chi connectivity index (χ3v) is 3.41. The van der Waals surface area contributed by atoms with E-state index in [0.29, 0.717) is 6.54 Å². The van der Waals surface area contributed by atoms with E-state index in [1.54, 1.807) is 22.0 Å². The molecule has 0 spiro atoms. The van der Waals surface area contributed by atoms with Crippen LogP contribution in [0.2, 0.25) is 0 Å². The molecule has 0 atom stereocenters. The molecule has 4 heteroatoms. The minimum Gasteiger partial charge on any atom is -0.306 e. The van der Waals surface area contributed by atoms with Crippen LogP contribution in [0.1, 0.15) is 18.9 Å². The largest absolute Gasteiger partial charge is 0.306 e. The zero-order chi connectivity index (χ0) is 12.3. The summed E-state index contributed by atoms with van der Waals surface area (Å²) >= 11 is 1.60. The van der Waals surface area contributed by atoms with E-state index in [2.05, 4.69) is 0 Å². The van der Waals surface area contributed by atoms with Crippen molar-refractivity contribution in [2.45, 2.75) is 19.9 Å². The lowest BCUT2D eigenvalue weighted by Gasteiger charge is -2.10. The lowest BCUT2D eigenvalue weighted by Crippen LogP contribution is -2.23. The normalized spacial score (nSPS) is 10.1. The van der Waals surface area contributed by atoms with Gasteiger partial charge in [0.25, 0.3) is 5.56 Å². The molecule has 0 fully saturated rings. The van der Waals surface area contributed by atoms with Crippen LogP contribution in [0.5, 0.6) is 0 Å². The average Bonchev–Trinajstić information content (AvgIpc) is 2.85. The number of pyridine rings is 1. The zero-order valence-electron chi connectivity index (χ0n) is 9.51. The number of rotatable bonds is 3. The Kier molecular flexibility index (Phi) is 3.40. The van der Waals surface area contributed by atoms with E-state index >= 15 is 0 Å². The summed E-state index contributed by atoms with van der Waals surface area (Å²) in [6.45, 7) is 2.66. The molecule has 0 bridgehead atoms. The summed E-state index contributed by atoms with van der Waals surface area (Å²) in [5, 5.41) is 10.9. The van der Waals surface area contributed by atoms with Crippen LogP contribution in [0, 0.1) is 11.3 Å². The fourth-order valence-electron chi connectivity index (χ4n) is 1.75. The number of nitriles is 1. The second-order valence-electron chi connectivity index (χ2n) is 3.68. The van der Waals surface area contributed by atoms with E-state index in [0.717, 1.165) is 17.0 Å². The molecule has 17 heavy (non-hydrogen) atoms. The molecule has 86 valence electrons. The van der Waals surface area contributed by atoms with Crippen LogP contribution in [0.15, 0.2) is 34.4 Å². The molecule has 2 rings (SSSR count). The Bertz CT molecular complexity index is 605. The van der Waals surface area contributed by atoms with Crippen molar-refractivity contribution in [1.82, 2.24) is 4.57 Å². The van der Waals surface area contributed by atoms with Crippen molar-refractivity contribution in [3.05, 3.63) is 45.6 Å². The molecule has 0 amide bonds. The monoisotopic (exact) mass is 244 g/mol. The number of thiophene rings is 1. The molecular weight excluding hydrogens is 232 g/mol. The Hall–Kier alpha value is -1.86. The summed E-state index contributed by atoms with van der Waals surface area (Å²) in [6, 6.07) is 9.33. The predicted octanol–water partition coefficient (Wildman–Crippen LogP) is 2.86. The van der Waals surface area contributed by atoms with E-state index in [9.17, 15) is 4.79 Å². The van der Waals surface area contributed by atoms with Crippen LogP contribution in [0.4, 0.5) is 0 Å². The van der Waals surface area contributed by atoms with Gasteiger partial charge in [0.15, 0.2) is 0 Å². The van der Waals surface area contributed by atoms with Crippen LogP contribution in [-0.4, -0.2) is 4.57 Å². The Morgan fingerprint density at radius 2 is 2.24 bits per heavy atom. The second kappa shape index (κ2) is 4.98. The highest BCUT2D eigenvalue weighted by Crippen LogP contribution is 2.23. The molecule has 0 aliphatic heterocycles. The van der Waals surface area contributed by atoms with Crippen LogP contribution in [0.25, 0.3) is 10.6 Å². The van der Waals surface area contributed by atoms with Crippen molar-refractivity contribution in [3.63, 3.8) is 0 Å². The summed E-state index contributed by atoms with van der Waals surface area (Å²) in [4.78, 5) is 13.1. The zero-order valence-corrected chi connectivity index (χ0v) is 10.3. The minimum atomic E-state index is -0.194. The van der Waals surface area contributed by atoms with Crippen LogP contribution < -0.4 is 5.56 Å². The summed E-state index contributed by atoms with van der Waals surface area (Å²) in [7, 11) is 0. The Balaban J connectivity index is 2.65. The standard InChI is InChI=1S/C13H12N2OS/c1-2-7-15-11(12-4-3-8-17-12)6-5-10(9-14)13(15)16/h3-6,8H,2,7H2,1H3. The fraction of sp³-hybridized carbons (Fsp3) is 0.231. The molecule has 0 N–H and O–H groups in total. The van der Waals surface area contributed by atoms with Gasteiger partial charge < -0.3 is 4.57 Å². The molecule has 0 radical (unpaired) electrons. The van der Waals surface area contributed by atoms with Gasteiger partial charge in [0.05, 0.1) is 10.6 Å². The molecule has 0 aliphatic rings. The quantitative estimate of drug-likeness (QED) is 0.833. The van der Waals surface area contributed by atoms with Gasteiger partial charge >= 0.3 is 0 Å². The van der Waals surface area contributed by atoms with Gasteiger partial charge in [0.2, 0.25) is 0 Å². The molecule has 0 aliphatic carbocycles. The minimum absolute atomic E-state index is 0.194. The Labute approximate surface area is 104 Å². The van der Waals surface area contributed by atoms with E-state index in [1.807, 2.05) is 36.6 Å².